The van der Waals surface area contributed by atoms with E-state index in [4.69, 9.17) is 9.16 Å². The lowest BCUT2D eigenvalue weighted by Gasteiger charge is -2.54. The van der Waals surface area contributed by atoms with Crippen molar-refractivity contribution in [3.8, 4) is 0 Å². The number of rotatable bonds is 3. The number of hydrogen-bond acceptors (Lipinski definition) is 2. The maximum Gasteiger partial charge on any atom is 0.184 e. The van der Waals surface area contributed by atoms with Crippen molar-refractivity contribution >= 4 is 8.32 Å². The first-order chi connectivity index (χ1) is 7.83. The summed E-state index contributed by atoms with van der Waals surface area (Å²) in [4.78, 5) is 0. The molecule has 0 saturated carbocycles. The predicted molar refractivity (Wildman–Crippen MR) is 72.6 cm³/mol. The van der Waals surface area contributed by atoms with Crippen LogP contribution in [0.3, 0.4) is 0 Å². The molecule has 1 aliphatic rings. The summed E-state index contributed by atoms with van der Waals surface area (Å²) in [5.41, 5.74) is 1.04. The van der Waals surface area contributed by atoms with Crippen molar-refractivity contribution in [1.82, 2.24) is 0 Å². The fourth-order valence-electron chi connectivity index (χ4n) is 2.45. The summed E-state index contributed by atoms with van der Waals surface area (Å²) < 4.78 is 12.2. The van der Waals surface area contributed by atoms with Gasteiger partial charge in [0.1, 0.15) is 11.7 Å². The first-order valence-electron chi connectivity index (χ1n) is 6.23. The zero-order valence-corrected chi connectivity index (χ0v) is 12.4. The van der Waals surface area contributed by atoms with Crippen LogP contribution in [-0.4, -0.2) is 20.0 Å². The van der Waals surface area contributed by atoms with Crippen LogP contribution in [0.1, 0.15) is 25.5 Å². The fraction of sp³-hybridized carbons (Fsp3) is 0.571. The molecular weight excluding hydrogens is 228 g/mol. The Bertz CT molecular complexity index is 385. The summed E-state index contributed by atoms with van der Waals surface area (Å²) in [5, 5.41) is 0. The van der Waals surface area contributed by atoms with Crippen LogP contribution in [0.15, 0.2) is 30.3 Å². The average molecular weight is 250 g/mol. The molecule has 2 nitrogen and oxygen atoms in total. The van der Waals surface area contributed by atoms with E-state index in [9.17, 15) is 0 Å². The highest BCUT2D eigenvalue weighted by atomic mass is 28.4. The Morgan fingerprint density at radius 2 is 1.76 bits per heavy atom. The van der Waals surface area contributed by atoms with E-state index in [2.05, 4.69) is 57.8 Å². The molecule has 1 aromatic rings. The highest BCUT2D eigenvalue weighted by Crippen LogP contribution is 2.48. The van der Waals surface area contributed by atoms with Crippen LogP contribution in [0.4, 0.5) is 0 Å². The van der Waals surface area contributed by atoms with Gasteiger partial charge in [-0.15, -0.1) is 0 Å². The van der Waals surface area contributed by atoms with Gasteiger partial charge >= 0.3 is 0 Å². The first kappa shape index (κ1) is 12.8. The van der Waals surface area contributed by atoms with E-state index in [0.717, 1.165) is 0 Å². The van der Waals surface area contributed by atoms with Crippen LogP contribution in [0.25, 0.3) is 0 Å². The third-order valence-corrected chi connectivity index (χ3v) is 4.35. The third kappa shape index (κ3) is 2.46. The molecule has 0 radical (unpaired) electrons. The molecule has 2 rings (SSSR count). The van der Waals surface area contributed by atoms with Crippen LogP contribution >= 0.6 is 0 Å². The molecule has 3 heteroatoms. The molecule has 17 heavy (non-hydrogen) atoms. The zero-order valence-electron chi connectivity index (χ0n) is 11.4. The molecule has 1 aromatic carbocycles. The van der Waals surface area contributed by atoms with E-state index < -0.39 is 8.32 Å². The summed E-state index contributed by atoms with van der Waals surface area (Å²) in [7, 11) is -1.56. The van der Waals surface area contributed by atoms with Gasteiger partial charge in [-0.25, -0.2) is 0 Å². The second kappa shape index (κ2) is 4.23. The molecule has 1 saturated heterocycles. The summed E-state index contributed by atoms with van der Waals surface area (Å²) in [6.07, 6.45) is 0.241. The van der Waals surface area contributed by atoms with Crippen LogP contribution in [0.2, 0.25) is 19.6 Å². The second-order valence-corrected chi connectivity index (χ2v) is 10.4. The van der Waals surface area contributed by atoms with Gasteiger partial charge in [-0.3, -0.25) is 0 Å². The molecule has 1 heterocycles. The van der Waals surface area contributed by atoms with E-state index in [-0.39, 0.29) is 17.8 Å². The maximum absolute atomic E-state index is 6.35. The van der Waals surface area contributed by atoms with Gasteiger partial charge in [0, 0.05) is 0 Å². The summed E-state index contributed by atoms with van der Waals surface area (Å²) in [5.74, 6) is 0. The number of ether oxygens (including phenoxy) is 1. The highest BCUT2D eigenvalue weighted by Gasteiger charge is 2.54. The maximum atomic E-state index is 6.35. The van der Waals surface area contributed by atoms with Gasteiger partial charge in [0.2, 0.25) is 0 Å². The minimum absolute atomic E-state index is 0.0745. The minimum atomic E-state index is -1.56. The molecule has 0 spiro atoms. The van der Waals surface area contributed by atoms with Crippen molar-refractivity contribution in [1.29, 1.82) is 0 Å². The number of benzene rings is 1. The van der Waals surface area contributed by atoms with Gasteiger partial charge in [-0.2, -0.15) is 0 Å². The molecule has 0 unspecified atom stereocenters. The van der Waals surface area contributed by atoms with Gasteiger partial charge in [0.25, 0.3) is 0 Å². The Labute approximate surface area is 105 Å². The van der Waals surface area contributed by atoms with Gasteiger partial charge in [-0.05, 0) is 39.1 Å². The standard InChI is InChI=1S/C14H22O2Si/c1-11-14(2,16-17(3,4)5)13(15-11)12-9-7-6-8-10-12/h6-11,13H,1-5H3/t11-,13+,14+/m1/s1. The highest BCUT2D eigenvalue weighted by molar-refractivity contribution is 6.69. The normalized spacial score (nSPS) is 33.2. The largest absolute Gasteiger partial charge is 0.407 e. The Morgan fingerprint density at radius 1 is 1.18 bits per heavy atom. The lowest BCUT2D eigenvalue weighted by atomic mass is 9.83. The predicted octanol–water partition coefficient (Wildman–Crippen LogP) is 3.76. The lowest BCUT2D eigenvalue weighted by Crippen LogP contribution is -2.61. The zero-order chi connectivity index (χ0) is 12.7. The Morgan fingerprint density at radius 3 is 2.24 bits per heavy atom. The van der Waals surface area contributed by atoms with Crippen molar-refractivity contribution in [2.75, 3.05) is 0 Å². The molecule has 3 atom stereocenters. The van der Waals surface area contributed by atoms with Crippen molar-refractivity contribution < 1.29 is 9.16 Å². The molecule has 0 aromatic heterocycles. The summed E-state index contributed by atoms with van der Waals surface area (Å²) in [6, 6.07) is 10.4. The van der Waals surface area contributed by atoms with E-state index in [1.807, 2.05) is 6.07 Å². The van der Waals surface area contributed by atoms with E-state index in [0.29, 0.717) is 0 Å². The van der Waals surface area contributed by atoms with Crippen molar-refractivity contribution in [3.63, 3.8) is 0 Å². The van der Waals surface area contributed by atoms with Crippen molar-refractivity contribution in [3.05, 3.63) is 35.9 Å². The van der Waals surface area contributed by atoms with Gasteiger partial charge in [0.15, 0.2) is 8.32 Å². The Hall–Kier alpha value is -0.643. The summed E-state index contributed by atoms with van der Waals surface area (Å²) in [6.45, 7) is 11.0. The molecular formula is C14H22O2Si. The smallest absolute Gasteiger partial charge is 0.184 e. The van der Waals surface area contributed by atoms with Gasteiger partial charge < -0.3 is 9.16 Å². The van der Waals surface area contributed by atoms with E-state index >= 15 is 0 Å². The molecule has 0 amide bonds. The first-order valence-corrected chi connectivity index (χ1v) is 9.64. The van der Waals surface area contributed by atoms with E-state index in [1.54, 1.807) is 0 Å². The Kier molecular flexibility index (Phi) is 3.19. The monoisotopic (exact) mass is 250 g/mol. The molecule has 0 N–H and O–H groups in total. The minimum Gasteiger partial charge on any atom is -0.407 e. The van der Waals surface area contributed by atoms with Gasteiger partial charge in [-0.1, -0.05) is 30.3 Å². The lowest BCUT2D eigenvalue weighted by molar-refractivity contribution is -0.270. The van der Waals surface area contributed by atoms with Crippen LogP contribution in [0, 0.1) is 0 Å². The van der Waals surface area contributed by atoms with Crippen LogP contribution in [-0.2, 0) is 9.16 Å². The molecule has 94 valence electrons. The van der Waals surface area contributed by atoms with Gasteiger partial charge in [0.05, 0.1) is 6.10 Å². The molecule has 0 aliphatic carbocycles. The topological polar surface area (TPSA) is 18.5 Å². The second-order valence-electron chi connectivity index (χ2n) is 5.97. The average Bonchev–Trinajstić information content (AvgIpc) is 2.24. The molecule has 1 aliphatic heterocycles. The molecule has 1 fully saturated rings. The number of hydrogen-bond donors (Lipinski definition) is 0. The fourth-order valence-corrected chi connectivity index (χ4v) is 4.04. The quantitative estimate of drug-likeness (QED) is 0.761. The van der Waals surface area contributed by atoms with Crippen LogP contribution < -0.4 is 0 Å². The molecule has 0 bridgehead atoms. The van der Waals surface area contributed by atoms with Crippen LogP contribution in [0.5, 0.6) is 0 Å². The SMILES string of the molecule is C[C@H]1O[C@@H](c2ccccc2)[C@@]1(C)O[Si](C)(C)C. The van der Waals surface area contributed by atoms with E-state index in [1.165, 1.54) is 5.56 Å². The van der Waals surface area contributed by atoms with Crippen molar-refractivity contribution in [2.24, 2.45) is 0 Å². The third-order valence-electron chi connectivity index (χ3n) is 3.30. The Balaban J connectivity index is 2.21. The van der Waals surface area contributed by atoms with Crippen molar-refractivity contribution in [2.45, 2.75) is 51.3 Å². The summed E-state index contributed by atoms with van der Waals surface area (Å²) >= 11 is 0.